The van der Waals surface area contributed by atoms with Crippen LogP contribution in [-0.2, 0) is 22.6 Å². The van der Waals surface area contributed by atoms with Gasteiger partial charge >= 0.3 is 0 Å². The van der Waals surface area contributed by atoms with Crippen molar-refractivity contribution in [2.75, 3.05) is 0 Å². The van der Waals surface area contributed by atoms with Gasteiger partial charge in [0.05, 0.1) is 0 Å². The largest absolute Gasteiger partial charge is 0.350 e. The van der Waals surface area contributed by atoms with Crippen molar-refractivity contribution in [3.63, 3.8) is 0 Å². The molecule has 4 heteroatoms. The molecule has 1 N–H and O–H groups in total. The second kappa shape index (κ2) is 10.2. The number of carbonyl (C=O) groups is 2. The summed E-state index contributed by atoms with van der Waals surface area (Å²) in [5.74, 6) is -0.0883. The van der Waals surface area contributed by atoms with Gasteiger partial charge in [0, 0.05) is 18.5 Å². The highest BCUT2D eigenvalue weighted by Gasteiger charge is 2.30. The van der Waals surface area contributed by atoms with Gasteiger partial charge in [-0.2, -0.15) is 0 Å². The normalized spacial score (nSPS) is 12.3. The molecule has 29 heavy (non-hydrogen) atoms. The first-order chi connectivity index (χ1) is 13.7. The third kappa shape index (κ3) is 7.04. The SMILES string of the molecule is CCC(C(=O)NC(C)(C)C)N(Cc1ccccc1C)C(=O)CCc1ccccc1. The van der Waals surface area contributed by atoms with Crippen molar-refractivity contribution in [2.45, 2.75) is 72.0 Å². The number of benzene rings is 2. The number of carbonyl (C=O) groups excluding carboxylic acids is 2. The smallest absolute Gasteiger partial charge is 0.243 e. The highest BCUT2D eigenvalue weighted by molar-refractivity contribution is 5.88. The van der Waals surface area contributed by atoms with Crippen molar-refractivity contribution in [3.05, 3.63) is 71.3 Å². The Kier molecular flexibility index (Phi) is 8.00. The monoisotopic (exact) mass is 394 g/mol. The Hall–Kier alpha value is -2.62. The summed E-state index contributed by atoms with van der Waals surface area (Å²) in [4.78, 5) is 28.0. The van der Waals surface area contributed by atoms with Gasteiger partial charge in [0.1, 0.15) is 6.04 Å². The van der Waals surface area contributed by atoms with E-state index in [4.69, 9.17) is 0 Å². The summed E-state index contributed by atoms with van der Waals surface area (Å²) >= 11 is 0. The highest BCUT2D eigenvalue weighted by atomic mass is 16.2. The molecule has 0 spiro atoms. The van der Waals surface area contributed by atoms with Gasteiger partial charge in [-0.25, -0.2) is 0 Å². The lowest BCUT2D eigenvalue weighted by molar-refractivity contribution is -0.142. The number of rotatable bonds is 8. The van der Waals surface area contributed by atoms with Crippen molar-refractivity contribution >= 4 is 11.8 Å². The van der Waals surface area contributed by atoms with Crippen LogP contribution < -0.4 is 5.32 Å². The summed E-state index contributed by atoms with van der Waals surface area (Å²) < 4.78 is 0. The molecule has 0 heterocycles. The molecule has 4 nitrogen and oxygen atoms in total. The van der Waals surface area contributed by atoms with E-state index in [-0.39, 0.29) is 17.4 Å². The van der Waals surface area contributed by atoms with Crippen molar-refractivity contribution in [1.29, 1.82) is 0 Å². The fourth-order valence-electron chi connectivity index (χ4n) is 3.38. The van der Waals surface area contributed by atoms with Gasteiger partial charge < -0.3 is 10.2 Å². The van der Waals surface area contributed by atoms with Gasteiger partial charge in [0.15, 0.2) is 0 Å². The fraction of sp³-hybridized carbons (Fsp3) is 0.440. The van der Waals surface area contributed by atoms with Crippen LogP contribution in [0.2, 0.25) is 0 Å². The first kappa shape index (κ1) is 22.7. The minimum absolute atomic E-state index is 0.00742. The molecule has 1 unspecified atom stereocenters. The number of hydrogen-bond donors (Lipinski definition) is 1. The molecule has 2 rings (SSSR count). The highest BCUT2D eigenvalue weighted by Crippen LogP contribution is 2.18. The van der Waals surface area contributed by atoms with Gasteiger partial charge in [-0.1, -0.05) is 61.5 Å². The van der Waals surface area contributed by atoms with Crippen LogP contribution in [-0.4, -0.2) is 28.3 Å². The third-order valence-electron chi connectivity index (χ3n) is 4.96. The Labute approximate surface area is 175 Å². The zero-order valence-electron chi connectivity index (χ0n) is 18.4. The van der Waals surface area contributed by atoms with Crippen LogP contribution in [0.4, 0.5) is 0 Å². The fourth-order valence-corrected chi connectivity index (χ4v) is 3.38. The van der Waals surface area contributed by atoms with Gasteiger partial charge in [-0.05, 0) is 57.2 Å². The number of aryl methyl sites for hydroxylation is 2. The van der Waals surface area contributed by atoms with Crippen molar-refractivity contribution < 1.29 is 9.59 Å². The minimum atomic E-state index is -0.489. The predicted molar refractivity (Wildman–Crippen MR) is 118 cm³/mol. The lowest BCUT2D eigenvalue weighted by Crippen LogP contribution is -2.53. The summed E-state index contributed by atoms with van der Waals surface area (Å²) in [5, 5.41) is 3.05. The summed E-state index contributed by atoms with van der Waals surface area (Å²) in [7, 11) is 0. The Morgan fingerprint density at radius 3 is 2.21 bits per heavy atom. The van der Waals surface area contributed by atoms with Crippen molar-refractivity contribution in [2.24, 2.45) is 0 Å². The molecule has 0 fully saturated rings. The molecule has 0 aromatic heterocycles. The molecule has 0 radical (unpaired) electrons. The van der Waals surface area contributed by atoms with Crippen LogP contribution >= 0.6 is 0 Å². The quantitative estimate of drug-likeness (QED) is 0.708. The second-order valence-corrected chi connectivity index (χ2v) is 8.60. The molecule has 0 aliphatic carbocycles. The van der Waals surface area contributed by atoms with E-state index in [9.17, 15) is 9.59 Å². The van der Waals surface area contributed by atoms with Crippen molar-refractivity contribution in [1.82, 2.24) is 10.2 Å². The Balaban J connectivity index is 2.24. The standard InChI is InChI=1S/C25H34N2O2/c1-6-22(24(29)26-25(3,4)5)27(18-21-15-11-10-12-19(21)2)23(28)17-16-20-13-8-7-9-14-20/h7-15,22H,6,16-18H2,1-5H3,(H,26,29). The zero-order chi connectivity index (χ0) is 21.4. The van der Waals surface area contributed by atoms with Crippen LogP contribution in [0.1, 0.15) is 57.2 Å². The molecule has 0 bridgehead atoms. The first-order valence-electron chi connectivity index (χ1n) is 10.4. The Morgan fingerprint density at radius 1 is 1.00 bits per heavy atom. The van der Waals surface area contributed by atoms with Crippen LogP contribution in [0.3, 0.4) is 0 Å². The summed E-state index contributed by atoms with van der Waals surface area (Å²) in [6.07, 6.45) is 1.63. The maximum atomic E-state index is 13.2. The number of nitrogens with one attached hydrogen (secondary N) is 1. The molecule has 1 atom stereocenters. The lowest BCUT2D eigenvalue weighted by Gasteiger charge is -2.33. The maximum Gasteiger partial charge on any atom is 0.243 e. The van der Waals surface area contributed by atoms with Gasteiger partial charge in [0.2, 0.25) is 11.8 Å². The predicted octanol–water partition coefficient (Wildman–Crippen LogP) is 4.65. The molecule has 0 saturated carbocycles. The van der Waals surface area contributed by atoms with E-state index in [0.717, 1.165) is 16.7 Å². The Morgan fingerprint density at radius 2 is 1.62 bits per heavy atom. The van der Waals surface area contributed by atoms with E-state index in [2.05, 4.69) is 5.32 Å². The molecule has 156 valence electrons. The van der Waals surface area contributed by atoms with Crippen LogP contribution in [0.5, 0.6) is 0 Å². The van der Waals surface area contributed by atoms with Gasteiger partial charge in [-0.3, -0.25) is 9.59 Å². The number of hydrogen-bond acceptors (Lipinski definition) is 2. The van der Waals surface area contributed by atoms with E-state index in [0.29, 0.717) is 25.8 Å². The molecule has 0 saturated heterocycles. The zero-order valence-corrected chi connectivity index (χ0v) is 18.4. The van der Waals surface area contributed by atoms with Gasteiger partial charge in [0.25, 0.3) is 0 Å². The van der Waals surface area contributed by atoms with E-state index in [1.165, 1.54) is 0 Å². The summed E-state index contributed by atoms with van der Waals surface area (Å²) in [6, 6.07) is 17.5. The molecular formula is C25H34N2O2. The first-order valence-corrected chi connectivity index (χ1v) is 10.4. The number of nitrogens with zero attached hydrogens (tertiary/aromatic N) is 1. The third-order valence-corrected chi connectivity index (χ3v) is 4.96. The van der Waals surface area contributed by atoms with Crippen molar-refractivity contribution in [3.8, 4) is 0 Å². The summed E-state index contributed by atoms with van der Waals surface area (Å²) in [5.41, 5.74) is 2.98. The maximum absolute atomic E-state index is 13.2. The van der Waals surface area contributed by atoms with E-state index in [1.54, 1.807) is 4.90 Å². The van der Waals surface area contributed by atoms with Crippen LogP contribution in [0, 0.1) is 6.92 Å². The molecule has 2 amide bonds. The second-order valence-electron chi connectivity index (χ2n) is 8.60. The van der Waals surface area contributed by atoms with E-state index in [1.807, 2.05) is 89.2 Å². The Bertz CT molecular complexity index is 809. The summed E-state index contributed by atoms with van der Waals surface area (Å²) in [6.45, 7) is 10.3. The molecule has 0 aliphatic heterocycles. The topological polar surface area (TPSA) is 49.4 Å². The minimum Gasteiger partial charge on any atom is -0.350 e. The molecule has 2 aromatic rings. The molecular weight excluding hydrogens is 360 g/mol. The molecule has 2 aromatic carbocycles. The van der Waals surface area contributed by atoms with Crippen LogP contribution in [0.25, 0.3) is 0 Å². The van der Waals surface area contributed by atoms with Gasteiger partial charge in [-0.15, -0.1) is 0 Å². The van der Waals surface area contributed by atoms with E-state index < -0.39 is 6.04 Å². The van der Waals surface area contributed by atoms with Crippen LogP contribution in [0.15, 0.2) is 54.6 Å². The lowest BCUT2D eigenvalue weighted by atomic mass is 10.0. The average Bonchev–Trinajstić information content (AvgIpc) is 2.67. The molecule has 0 aliphatic rings. The number of amides is 2. The van der Waals surface area contributed by atoms with E-state index >= 15 is 0 Å². The average molecular weight is 395 g/mol.